The van der Waals surface area contributed by atoms with Crippen LogP contribution >= 0.6 is 0 Å². The average Bonchev–Trinajstić information content (AvgIpc) is 3.26. The minimum absolute atomic E-state index is 0.167. The van der Waals surface area contributed by atoms with Gasteiger partial charge in [0.15, 0.2) is 12.4 Å². The number of benzene rings is 2. The SMILES string of the molecule is O=C(COC(=O)C1CCN(C(=O)Nc2ccccc2)CC1)c1ccc2c(c1)CCC2. The van der Waals surface area contributed by atoms with E-state index in [1.807, 2.05) is 48.5 Å². The molecule has 2 aromatic carbocycles. The van der Waals surface area contributed by atoms with E-state index in [0.717, 1.165) is 24.9 Å². The molecule has 30 heavy (non-hydrogen) atoms. The number of Topliss-reactive ketones (excluding diaryl/α,β-unsaturated/α-hetero) is 1. The minimum atomic E-state index is -0.354. The summed E-state index contributed by atoms with van der Waals surface area (Å²) in [6.45, 7) is 0.737. The Hall–Kier alpha value is -3.15. The number of amides is 2. The van der Waals surface area contributed by atoms with E-state index >= 15 is 0 Å². The Morgan fingerprint density at radius 1 is 0.967 bits per heavy atom. The number of ether oxygens (including phenoxy) is 1. The van der Waals surface area contributed by atoms with Gasteiger partial charge in [0.2, 0.25) is 0 Å². The number of carbonyl (C=O) groups excluding carboxylic acids is 3. The second-order valence-electron chi connectivity index (χ2n) is 7.93. The monoisotopic (exact) mass is 406 g/mol. The van der Waals surface area contributed by atoms with Crippen molar-refractivity contribution in [3.8, 4) is 0 Å². The van der Waals surface area contributed by atoms with Gasteiger partial charge in [-0.25, -0.2) is 4.79 Å². The number of urea groups is 1. The molecule has 1 N–H and O–H groups in total. The van der Waals surface area contributed by atoms with Crippen molar-refractivity contribution in [3.63, 3.8) is 0 Å². The van der Waals surface area contributed by atoms with E-state index in [1.165, 1.54) is 11.1 Å². The lowest BCUT2D eigenvalue weighted by Gasteiger charge is -2.30. The lowest BCUT2D eigenvalue weighted by atomic mass is 9.97. The highest BCUT2D eigenvalue weighted by atomic mass is 16.5. The van der Waals surface area contributed by atoms with Gasteiger partial charge in [-0.15, -0.1) is 0 Å². The fourth-order valence-corrected chi connectivity index (χ4v) is 4.13. The molecule has 156 valence electrons. The second-order valence-corrected chi connectivity index (χ2v) is 7.93. The summed E-state index contributed by atoms with van der Waals surface area (Å²) in [6.07, 6.45) is 4.28. The summed E-state index contributed by atoms with van der Waals surface area (Å²) in [4.78, 5) is 38.9. The van der Waals surface area contributed by atoms with Crippen LogP contribution in [0.15, 0.2) is 48.5 Å². The summed E-state index contributed by atoms with van der Waals surface area (Å²) in [5.74, 6) is -0.802. The molecule has 0 atom stereocenters. The maximum absolute atomic E-state index is 12.4. The zero-order valence-corrected chi connectivity index (χ0v) is 16.9. The van der Waals surface area contributed by atoms with Crippen molar-refractivity contribution in [2.45, 2.75) is 32.1 Å². The van der Waals surface area contributed by atoms with E-state index in [1.54, 1.807) is 4.90 Å². The van der Waals surface area contributed by atoms with E-state index < -0.39 is 0 Å². The topological polar surface area (TPSA) is 75.7 Å². The van der Waals surface area contributed by atoms with Gasteiger partial charge in [0.05, 0.1) is 5.92 Å². The van der Waals surface area contributed by atoms with Crippen molar-refractivity contribution in [2.24, 2.45) is 5.92 Å². The number of para-hydroxylation sites is 1. The lowest BCUT2D eigenvalue weighted by molar-refractivity contribution is -0.148. The van der Waals surface area contributed by atoms with Gasteiger partial charge in [-0.3, -0.25) is 9.59 Å². The molecule has 0 saturated carbocycles. The van der Waals surface area contributed by atoms with Crippen molar-refractivity contribution in [1.82, 2.24) is 4.90 Å². The number of likely N-dealkylation sites (tertiary alicyclic amines) is 1. The van der Waals surface area contributed by atoms with Gasteiger partial charge in [-0.05, 0) is 61.4 Å². The van der Waals surface area contributed by atoms with Crippen LogP contribution in [-0.2, 0) is 22.4 Å². The van der Waals surface area contributed by atoms with Crippen molar-refractivity contribution in [3.05, 3.63) is 65.2 Å². The summed E-state index contributed by atoms with van der Waals surface area (Å²) < 4.78 is 5.30. The van der Waals surface area contributed by atoms with E-state index in [-0.39, 0.29) is 30.3 Å². The van der Waals surface area contributed by atoms with Crippen molar-refractivity contribution < 1.29 is 19.1 Å². The highest BCUT2D eigenvalue weighted by Gasteiger charge is 2.29. The van der Waals surface area contributed by atoms with Gasteiger partial charge in [-0.1, -0.05) is 30.3 Å². The molecule has 0 aromatic heterocycles. The third-order valence-electron chi connectivity index (χ3n) is 5.91. The summed E-state index contributed by atoms with van der Waals surface area (Å²) in [7, 11) is 0. The fourth-order valence-electron chi connectivity index (χ4n) is 4.13. The number of ketones is 1. The Morgan fingerprint density at radius 3 is 2.47 bits per heavy atom. The van der Waals surface area contributed by atoms with Crippen LogP contribution in [0.4, 0.5) is 10.5 Å². The standard InChI is InChI=1S/C24H26N2O4/c27-22(20-10-9-17-5-4-6-19(17)15-20)16-30-23(28)18-11-13-26(14-12-18)24(29)25-21-7-2-1-3-8-21/h1-3,7-10,15,18H,4-6,11-14,16H2,(H,25,29). The predicted molar refractivity (Wildman–Crippen MR) is 114 cm³/mol. The van der Waals surface area contributed by atoms with Crippen LogP contribution in [-0.4, -0.2) is 42.4 Å². The summed E-state index contributed by atoms with van der Waals surface area (Å²) in [6, 6.07) is 14.9. The first-order valence-corrected chi connectivity index (χ1v) is 10.5. The number of anilines is 1. The predicted octanol–water partition coefficient (Wildman–Crippen LogP) is 3.85. The molecule has 2 aromatic rings. The normalized spacial score (nSPS) is 16.1. The first-order chi connectivity index (χ1) is 14.6. The van der Waals surface area contributed by atoms with E-state index in [0.29, 0.717) is 31.5 Å². The van der Waals surface area contributed by atoms with Gasteiger partial charge in [0, 0.05) is 24.3 Å². The lowest BCUT2D eigenvalue weighted by Crippen LogP contribution is -2.42. The molecule has 2 aliphatic rings. The number of hydrogen-bond acceptors (Lipinski definition) is 4. The third kappa shape index (κ3) is 4.70. The zero-order chi connectivity index (χ0) is 20.9. The number of rotatable bonds is 5. The molecule has 1 heterocycles. The number of esters is 1. The molecule has 1 fully saturated rings. The van der Waals surface area contributed by atoms with Crippen LogP contribution in [0.5, 0.6) is 0 Å². The number of carbonyl (C=O) groups is 3. The second kappa shape index (κ2) is 9.11. The first kappa shape index (κ1) is 20.1. The summed E-state index contributed by atoms with van der Waals surface area (Å²) in [5.41, 5.74) is 3.89. The summed E-state index contributed by atoms with van der Waals surface area (Å²) in [5, 5.41) is 2.86. The Kier molecular flexibility index (Phi) is 6.12. The first-order valence-electron chi connectivity index (χ1n) is 10.5. The largest absolute Gasteiger partial charge is 0.457 e. The van der Waals surface area contributed by atoms with Gasteiger partial charge < -0.3 is 15.0 Å². The molecular weight excluding hydrogens is 380 g/mol. The van der Waals surface area contributed by atoms with Gasteiger partial charge >= 0.3 is 12.0 Å². The zero-order valence-electron chi connectivity index (χ0n) is 16.9. The molecular formula is C24H26N2O4. The number of piperidine rings is 1. The maximum atomic E-state index is 12.4. The minimum Gasteiger partial charge on any atom is -0.457 e. The van der Waals surface area contributed by atoms with Crippen molar-refractivity contribution in [2.75, 3.05) is 25.0 Å². The Labute approximate surface area is 176 Å². The number of fused-ring (bicyclic) bond motifs is 1. The smallest absolute Gasteiger partial charge is 0.321 e. The molecule has 4 rings (SSSR count). The maximum Gasteiger partial charge on any atom is 0.321 e. The number of hydrogen-bond donors (Lipinski definition) is 1. The summed E-state index contributed by atoms with van der Waals surface area (Å²) >= 11 is 0. The molecule has 0 spiro atoms. The molecule has 1 aliphatic carbocycles. The van der Waals surface area contributed by atoms with E-state index in [9.17, 15) is 14.4 Å². The van der Waals surface area contributed by atoms with Crippen molar-refractivity contribution >= 4 is 23.5 Å². The average molecular weight is 406 g/mol. The Balaban J connectivity index is 1.22. The highest BCUT2D eigenvalue weighted by molar-refractivity contribution is 5.98. The Morgan fingerprint density at radius 2 is 1.70 bits per heavy atom. The van der Waals surface area contributed by atoms with Gasteiger partial charge in [0.1, 0.15) is 0 Å². The molecule has 0 radical (unpaired) electrons. The number of nitrogens with one attached hydrogen (secondary N) is 1. The van der Waals surface area contributed by atoms with Crippen LogP contribution in [0.1, 0.15) is 40.7 Å². The fraction of sp³-hybridized carbons (Fsp3) is 0.375. The number of nitrogens with zero attached hydrogens (tertiary/aromatic N) is 1. The Bertz CT molecular complexity index is 933. The molecule has 0 unspecified atom stereocenters. The van der Waals surface area contributed by atoms with E-state index in [4.69, 9.17) is 4.74 Å². The highest BCUT2D eigenvalue weighted by Crippen LogP contribution is 2.23. The van der Waals surface area contributed by atoms with Crippen LogP contribution in [0.3, 0.4) is 0 Å². The molecule has 6 nitrogen and oxygen atoms in total. The molecule has 1 saturated heterocycles. The number of aryl methyl sites for hydroxylation is 2. The quantitative estimate of drug-likeness (QED) is 0.605. The van der Waals surface area contributed by atoms with Crippen LogP contribution in [0.2, 0.25) is 0 Å². The van der Waals surface area contributed by atoms with E-state index in [2.05, 4.69) is 5.32 Å². The van der Waals surface area contributed by atoms with Gasteiger partial charge in [0.25, 0.3) is 0 Å². The molecule has 6 heteroatoms. The van der Waals surface area contributed by atoms with Crippen molar-refractivity contribution in [1.29, 1.82) is 0 Å². The third-order valence-corrected chi connectivity index (χ3v) is 5.91. The molecule has 1 aliphatic heterocycles. The molecule has 2 amide bonds. The van der Waals surface area contributed by atoms with Gasteiger partial charge in [-0.2, -0.15) is 0 Å². The molecule has 0 bridgehead atoms. The van der Waals surface area contributed by atoms with Crippen LogP contribution < -0.4 is 5.32 Å². The van der Waals surface area contributed by atoms with Crippen LogP contribution in [0.25, 0.3) is 0 Å². The van der Waals surface area contributed by atoms with Crippen LogP contribution in [0, 0.1) is 5.92 Å².